The van der Waals surface area contributed by atoms with Crippen LogP contribution in [0.5, 0.6) is 0 Å². The van der Waals surface area contributed by atoms with Gasteiger partial charge >= 0.3 is 0 Å². The van der Waals surface area contributed by atoms with Gasteiger partial charge in [0, 0.05) is 66.0 Å². The molecule has 0 aliphatic carbocycles. The number of rotatable bonds is 14. The maximum absolute atomic E-state index is 8.18. The summed E-state index contributed by atoms with van der Waals surface area (Å²) in [6.07, 6.45) is 0. The maximum Gasteiger partial charge on any atom is 0.109 e. The van der Waals surface area contributed by atoms with Crippen LogP contribution in [0, 0.1) is 48.3 Å². The molecule has 0 bridgehead atoms. The number of amidine groups is 6. The van der Waals surface area contributed by atoms with Gasteiger partial charge in [0.1, 0.15) is 17.5 Å². The van der Waals surface area contributed by atoms with Crippen LogP contribution in [0.3, 0.4) is 0 Å². The fraction of sp³-hybridized carbons (Fsp3) is 0.204. The first-order chi connectivity index (χ1) is 58.1. The van der Waals surface area contributed by atoms with Crippen LogP contribution in [0.15, 0.2) is 324 Å². The topological polar surface area (TPSA) is 145 Å². The summed E-state index contributed by atoms with van der Waals surface area (Å²) in [5, 5.41) is 33.5. The minimum atomic E-state index is 0. The average Bonchev–Trinajstić information content (AvgIpc) is 0.790. The quantitative estimate of drug-likeness (QED) is 0.0366. The molecule has 3 radical (unpaired) electrons. The summed E-state index contributed by atoms with van der Waals surface area (Å²) in [4.78, 5) is 13.2. The fourth-order valence-corrected chi connectivity index (χ4v) is 14.8. The molecule has 0 saturated heterocycles. The zero-order valence-electron chi connectivity index (χ0n) is 75.3. The predicted molar refractivity (Wildman–Crippen MR) is 522 cm³/mol. The first-order valence-corrected chi connectivity index (χ1v) is 41.9. The van der Waals surface area contributed by atoms with Crippen molar-refractivity contribution in [3.8, 4) is 111 Å². The Morgan fingerprint density at radius 1 is 0.248 bits per heavy atom. The van der Waals surface area contributed by atoms with Crippen molar-refractivity contribution in [3.05, 3.63) is 378 Å². The zero-order chi connectivity index (χ0) is 87.2. The number of anilines is 1. The molecule has 0 heterocycles. The average molecular weight is 2170 g/mol. The zero-order valence-corrected chi connectivity index (χ0v) is 82.5. The van der Waals surface area contributed by atoms with Crippen molar-refractivity contribution in [2.75, 3.05) is 19.4 Å². The summed E-state index contributed by atoms with van der Waals surface area (Å²) in [6.45, 7) is 36.2. The Morgan fingerprint density at radius 2 is 0.456 bits per heavy atom. The summed E-state index contributed by atoms with van der Waals surface area (Å²) in [5.74, 6) is 2.61. The van der Waals surface area contributed by atoms with Gasteiger partial charge in [0.15, 0.2) is 0 Å². The van der Waals surface area contributed by atoms with Crippen LogP contribution in [0.4, 0.5) is 5.69 Å². The van der Waals surface area contributed by atoms with Gasteiger partial charge in [-0.05, 0) is 259 Å². The molecule has 641 valence electrons. The Bertz CT molecular complexity index is 5950. The minimum Gasteiger partial charge on any atom is -0.411 e. The van der Waals surface area contributed by atoms with Crippen molar-refractivity contribution in [1.82, 2.24) is 10.6 Å². The fourth-order valence-electron chi connectivity index (χ4n) is 14.8. The van der Waals surface area contributed by atoms with Gasteiger partial charge in [-0.1, -0.05) is 277 Å². The molecule has 12 heteroatoms. The second kappa shape index (κ2) is 42.9. The first kappa shape index (κ1) is 97.3. The molecule has 0 atom stereocenters. The van der Waals surface area contributed by atoms with E-state index in [4.69, 9.17) is 16.2 Å². The van der Waals surface area contributed by atoms with Crippen LogP contribution >= 0.6 is 0 Å². The summed E-state index contributed by atoms with van der Waals surface area (Å²) in [6, 6.07) is 120. The monoisotopic (exact) mass is 2180 g/mol. The van der Waals surface area contributed by atoms with Gasteiger partial charge in [-0.25, -0.2) is 0 Å². The standard InChI is InChI=1S/C43H46N3.C36H40N3.C34H28N3.3Ir/c1-28-12-10-13-29(2)40(28)46-41(45-30(3)44)34-15-11-14-33(24-34)37-26-35(31-16-20-38(21-17-31)42(4,5)6)25-36(27-37)32-18-22-39(23-19-32)43(7,8)9;1-24(37)39-34(38-8)28-11-9-10-27(20-28)31-22-29(25-12-16-32(17-13-25)35(2,3)4)21-30(23-31)26-14-18-33(19-15-26)36(5,6)7;1-24(35)37-34(36-2)30-18-10-16-28(20-30)27-15-9-17-29(19-27)33-22-31(25-11-5-3-6-12-25)21-32(23-33)26-13-7-4-8-14-26;;;/h10-14,16-27H,1-9H3,(H2,44,45,46);9-10,12-23H,1-8H3,(H2,37,38,39);3-17,19-23H,1-2H3,(H2,35,36,37);;;/q3*-1;;;. The SMILES string of the molecule is CC(=N)N=C(Nc1c(C)cccc1C)c1[c-]ccc(-c2cc(-c3ccc(C(C)(C)C)cc3)cc(-c3ccc(C(C)(C)C)cc3)c2)c1.CNC(=NC(C)=N)c1[c-]ccc(-c2cc(-c3ccc(C(C)(C)C)cc3)cc(-c3ccc(C(C)(C)C)cc3)c2)c1.CNC(=NC(C)=N)c1[c-]ccc(-c2cccc(-c3cc(-c4ccccc4)cc(-c4ccccc4)c3)c2)c1.[Ir].[Ir].[Ir]. The van der Waals surface area contributed by atoms with Gasteiger partial charge < -0.3 is 16.0 Å². The van der Waals surface area contributed by atoms with E-state index in [1.54, 1.807) is 20.8 Å². The van der Waals surface area contributed by atoms with Crippen molar-refractivity contribution < 1.29 is 60.3 Å². The molecule has 0 aliphatic heterocycles. The molecular weight excluding hydrogens is 2060 g/mol. The maximum atomic E-state index is 8.18. The summed E-state index contributed by atoms with van der Waals surface area (Å²) < 4.78 is 0. The van der Waals surface area contributed by atoms with E-state index in [0.717, 1.165) is 72.4 Å². The number of para-hydroxylation sites is 1. The van der Waals surface area contributed by atoms with Crippen molar-refractivity contribution in [3.63, 3.8) is 0 Å². The molecule has 14 aromatic rings. The van der Waals surface area contributed by atoms with Crippen LogP contribution in [0.1, 0.15) is 154 Å². The van der Waals surface area contributed by atoms with Crippen LogP contribution in [0.2, 0.25) is 0 Å². The molecule has 0 aliphatic rings. The number of nitrogens with zero attached hydrogens (tertiary/aromatic N) is 3. The van der Waals surface area contributed by atoms with Gasteiger partial charge in [0.2, 0.25) is 0 Å². The second-order valence-electron chi connectivity index (χ2n) is 35.5. The Kier molecular flexibility index (Phi) is 33.4. The molecule has 14 rings (SSSR count). The van der Waals surface area contributed by atoms with Crippen LogP contribution < -0.4 is 16.0 Å². The molecule has 0 unspecified atom stereocenters. The number of benzene rings is 14. The van der Waals surface area contributed by atoms with E-state index in [1.165, 1.54) is 94.6 Å². The molecular formula is C113H114Ir3N9-3. The van der Waals surface area contributed by atoms with E-state index in [0.29, 0.717) is 17.5 Å². The molecule has 9 nitrogen and oxygen atoms in total. The van der Waals surface area contributed by atoms with Crippen molar-refractivity contribution in [2.45, 2.75) is 139 Å². The molecule has 14 aromatic carbocycles. The van der Waals surface area contributed by atoms with E-state index in [-0.39, 0.29) is 99.5 Å². The molecule has 0 saturated carbocycles. The number of hydrogen-bond donors (Lipinski definition) is 6. The minimum absolute atomic E-state index is 0. The first-order valence-electron chi connectivity index (χ1n) is 41.9. The predicted octanol–water partition coefficient (Wildman–Crippen LogP) is 28.7. The molecule has 0 spiro atoms. The van der Waals surface area contributed by atoms with Crippen LogP contribution in [-0.2, 0) is 82.0 Å². The normalized spacial score (nSPS) is 11.7. The van der Waals surface area contributed by atoms with Crippen LogP contribution in [-0.4, -0.2) is 49.1 Å². The van der Waals surface area contributed by atoms with Gasteiger partial charge in [0.25, 0.3) is 0 Å². The van der Waals surface area contributed by atoms with E-state index < -0.39 is 0 Å². The van der Waals surface area contributed by atoms with Crippen molar-refractivity contribution in [1.29, 1.82) is 16.2 Å². The molecule has 6 N–H and O–H groups in total. The van der Waals surface area contributed by atoms with E-state index >= 15 is 0 Å². The Labute approximate surface area is 784 Å². The Balaban J connectivity index is 0.000000211. The molecule has 0 amide bonds. The van der Waals surface area contributed by atoms with Crippen molar-refractivity contribution >= 4 is 40.7 Å². The van der Waals surface area contributed by atoms with Crippen LogP contribution in [0.25, 0.3) is 111 Å². The van der Waals surface area contributed by atoms with E-state index in [2.05, 4.69) is 425 Å². The number of nitrogens with one attached hydrogen (secondary N) is 6. The third-order valence-corrected chi connectivity index (χ3v) is 21.8. The largest absolute Gasteiger partial charge is 0.411 e. The molecule has 0 fully saturated rings. The summed E-state index contributed by atoms with van der Waals surface area (Å²) in [5.41, 5.74) is 34.5. The number of aliphatic imine (C=N–C) groups is 3. The van der Waals surface area contributed by atoms with Gasteiger partial charge in [-0.2, -0.15) is 0 Å². The van der Waals surface area contributed by atoms with E-state index in [9.17, 15) is 0 Å². The van der Waals surface area contributed by atoms with Gasteiger partial charge in [-0.3, -0.25) is 31.2 Å². The third-order valence-electron chi connectivity index (χ3n) is 21.8. The van der Waals surface area contributed by atoms with E-state index in [1.807, 2.05) is 44.4 Å². The number of aryl methyl sites for hydroxylation is 2. The summed E-state index contributed by atoms with van der Waals surface area (Å²) >= 11 is 0. The smallest absolute Gasteiger partial charge is 0.109 e. The number of hydrogen-bond acceptors (Lipinski definition) is 3. The molecule has 125 heavy (non-hydrogen) atoms. The molecule has 0 aromatic heterocycles. The van der Waals surface area contributed by atoms with Gasteiger partial charge in [-0.15, -0.1) is 106 Å². The summed E-state index contributed by atoms with van der Waals surface area (Å²) in [7, 11) is 3.64. The van der Waals surface area contributed by atoms with Crippen molar-refractivity contribution in [2.24, 2.45) is 15.0 Å². The second-order valence-corrected chi connectivity index (χ2v) is 35.5. The third kappa shape index (κ3) is 25.8. The van der Waals surface area contributed by atoms with Gasteiger partial charge in [0.05, 0.1) is 17.5 Å². The Hall–Kier alpha value is -11.6. The Morgan fingerprint density at radius 3 is 0.720 bits per heavy atom.